The van der Waals surface area contributed by atoms with E-state index in [0.717, 1.165) is 16.7 Å². The van der Waals surface area contributed by atoms with Gasteiger partial charge in [-0.3, -0.25) is 14.5 Å². The van der Waals surface area contributed by atoms with Crippen molar-refractivity contribution in [3.8, 4) is 0 Å². The number of thioether (sulfide) groups is 1. The largest absolute Gasteiger partial charge is 0.507 e. The van der Waals surface area contributed by atoms with Crippen molar-refractivity contribution in [3.05, 3.63) is 112 Å². The number of ketones is 1. The van der Waals surface area contributed by atoms with Gasteiger partial charge in [0.1, 0.15) is 5.76 Å². The molecule has 1 aliphatic rings. The second kappa shape index (κ2) is 10.1. The number of carbonyl (C=O) groups is 2. The lowest BCUT2D eigenvalue weighted by Gasteiger charge is -2.22. The summed E-state index contributed by atoms with van der Waals surface area (Å²) in [5.74, 6) is -0.967. The minimum Gasteiger partial charge on any atom is -0.507 e. The van der Waals surface area contributed by atoms with Gasteiger partial charge in [0.25, 0.3) is 5.78 Å². The Labute approximate surface area is 217 Å². The van der Waals surface area contributed by atoms with Crippen LogP contribution in [0.4, 0.5) is 5.13 Å². The normalized spacial score (nSPS) is 17.1. The van der Waals surface area contributed by atoms with E-state index in [1.165, 1.54) is 28.0 Å². The van der Waals surface area contributed by atoms with Crippen molar-refractivity contribution in [2.45, 2.75) is 30.0 Å². The summed E-state index contributed by atoms with van der Waals surface area (Å²) >= 11 is 2.78. The van der Waals surface area contributed by atoms with E-state index in [9.17, 15) is 14.7 Å². The van der Waals surface area contributed by atoms with Gasteiger partial charge in [-0.15, -0.1) is 10.2 Å². The van der Waals surface area contributed by atoms with Gasteiger partial charge in [-0.25, -0.2) is 0 Å². The molecule has 0 radical (unpaired) electrons. The number of aryl methyl sites for hydroxylation is 2. The van der Waals surface area contributed by atoms with E-state index in [2.05, 4.69) is 10.2 Å². The number of hydrogen-bond acceptors (Lipinski definition) is 7. The lowest BCUT2D eigenvalue weighted by Crippen LogP contribution is -2.29. The minimum atomic E-state index is -0.813. The number of carbonyl (C=O) groups excluding carboxylic acids is 2. The molecule has 4 aromatic rings. The third-order valence-corrected chi connectivity index (χ3v) is 8.10. The van der Waals surface area contributed by atoms with Crippen LogP contribution < -0.4 is 4.90 Å². The van der Waals surface area contributed by atoms with E-state index >= 15 is 0 Å². The Bertz CT molecular complexity index is 1450. The summed E-state index contributed by atoms with van der Waals surface area (Å²) < 4.78 is 0.692. The number of amides is 1. The van der Waals surface area contributed by atoms with Gasteiger partial charge < -0.3 is 5.11 Å². The molecule has 0 aliphatic carbocycles. The fraction of sp³-hybridized carbons (Fsp3) is 0.143. The van der Waals surface area contributed by atoms with Crippen molar-refractivity contribution in [1.29, 1.82) is 0 Å². The summed E-state index contributed by atoms with van der Waals surface area (Å²) in [5.41, 5.74) is 4.45. The number of anilines is 1. The fourth-order valence-corrected chi connectivity index (χ4v) is 5.86. The first kappa shape index (κ1) is 24.0. The van der Waals surface area contributed by atoms with Crippen LogP contribution >= 0.6 is 23.1 Å². The number of hydrogen-bond donors (Lipinski definition) is 1. The molecule has 5 rings (SSSR count). The van der Waals surface area contributed by atoms with Crippen LogP contribution in [-0.4, -0.2) is 27.0 Å². The maximum Gasteiger partial charge on any atom is 0.301 e. The smallest absolute Gasteiger partial charge is 0.301 e. The van der Waals surface area contributed by atoms with Crippen LogP contribution in [0.1, 0.15) is 33.9 Å². The lowest BCUT2D eigenvalue weighted by molar-refractivity contribution is -0.132. The molecule has 0 bridgehead atoms. The Kier molecular flexibility index (Phi) is 6.71. The average molecular weight is 514 g/mol. The van der Waals surface area contributed by atoms with Crippen LogP contribution in [0.5, 0.6) is 0 Å². The van der Waals surface area contributed by atoms with Crippen molar-refractivity contribution in [3.63, 3.8) is 0 Å². The third kappa shape index (κ3) is 4.69. The molecule has 1 atom stereocenters. The number of nitrogens with zero attached hydrogens (tertiary/aromatic N) is 3. The van der Waals surface area contributed by atoms with E-state index in [0.29, 0.717) is 26.4 Å². The SMILES string of the molecule is Cc1ccc(/C(O)=C2/C(=O)C(=O)N(c3nnc(SCc4ccccc4)s3)C2c2ccc(C)cc2)cc1. The van der Waals surface area contributed by atoms with Gasteiger partial charge >= 0.3 is 5.91 Å². The molecule has 1 saturated heterocycles. The molecule has 1 N–H and O–H groups in total. The first-order valence-corrected chi connectivity index (χ1v) is 13.2. The summed E-state index contributed by atoms with van der Waals surface area (Å²) in [6.07, 6.45) is 0. The monoisotopic (exact) mass is 513 g/mol. The predicted octanol–water partition coefficient (Wildman–Crippen LogP) is 6.07. The number of benzene rings is 3. The van der Waals surface area contributed by atoms with Crippen molar-refractivity contribution < 1.29 is 14.7 Å². The molecule has 180 valence electrons. The Morgan fingerprint density at radius 2 is 1.56 bits per heavy atom. The van der Waals surface area contributed by atoms with E-state index < -0.39 is 17.7 Å². The third-order valence-electron chi connectivity index (χ3n) is 5.97. The molecule has 2 heterocycles. The van der Waals surface area contributed by atoms with Crippen LogP contribution in [0.15, 0.2) is 88.8 Å². The predicted molar refractivity (Wildman–Crippen MR) is 143 cm³/mol. The van der Waals surface area contributed by atoms with Gasteiger partial charge in [-0.05, 0) is 25.0 Å². The van der Waals surface area contributed by atoms with Crippen LogP contribution in [0, 0.1) is 13.8 Å². The highest BCUT2D eigenvalue weighted by atomic mass is 32.2. The van der Waals surface area contributed by atoms with Gasteiger partial charge in [-0.2, -0.15) is 0 Å². The summed E-state index contributed by atoms with van der Waals surface area (Å²) in [4.78, 5) is 27.9. The number of aliphatic hydroxyl groups is 1. The van der Waals surface area contributed by atoms with E-state index in [-0.39, 0.29) is 11.3 Å². The average Bonchev–Trinajstić information content (AvgIpc) is 3.46. The zero-order valence-electron chi connectivity index (χ0n) is 19.7. The summed E-state index contributed by atoms with van der Waals surface area (Å²) in [6, 6.07) is 24.0. The molecule has 1 amide bonds. The molecule has 0 spiro atoms. The molecule has 1 unspecified atom stereocenters. The van der Waals surface area contributed by atoms with Crippen LogP contribution in [0.3, 0.4) is 0 Å². The van der Waals surface area contributed by atoms with Gasteiger partial charge in [0.2, 0.25) is 5.13 Å². The Morgan fingerprint density at radius 1 is 0.917 bits per heavy atom. The standard InChI is InChI=1S/C28H23N3O3S2/c1-17-8-12-20(13-9-17)23-22(24(32)21-14-10-18(2)11-15-21)25(33)26(34)31(23)27-29-30-28(36-27)35-16-19-6-4-3-5-7-19/h3-15,23,32H,16H2,1-2H3/b24-22-. The molecule has 3 aromatic carbocycles. The highest BCUT2D eigenvalue weighted by molar-refractivity contribution is 8.00. The van der Waals surface area contributed by atoms with E-state index in [1.807, 2.05) is 80.6 Å². The zero-order chi connectivity index (χ0) is 25.2. The molecule has 1 aromatic heterocycles. The second-order valence-corrected chi connectivity index (χ2v) is 10.7. The van der Waals surface area contributed by atoms with E-state index in [4.69, 9.17) is 0 Å². The lowest BCUT2D eigenvalue weighted by atomic mass is 9.94. The summed E-state index contributed by atoms with van der Waals surface area (Å²) in [6.45, 7) is 3.91. The molecule has 1 aliphatic heterocycles. The number of aliphatic hydroxyl groups excluding tert-OH is 1. The molecular weight excluding hydrogens is 490 g/mol. The van der Waals surface area contributed by atoms with Gasteiger partial charge in [0.15, 0.2) is 4.34 Å². The molecule has 1 fully saturated rings. The van der Waals surface area contributed by atoms with Gasteiger partial charge in [0.05, 0.1) is 11.6 Å². The van der Waals surface area contributed by atoms with Crippen molar-refractivity contribution in [1.82, 2.24) is 10.2 Å². The zero-order valence-corrected chi connectivity index (χ0v) is 21.3. The highest BCUT2D eigenvalue weighted by Crippen LogP contribution is 2.44. The van der Waals surface area contributed by atoms with Crippen LogP contribution in [0.2, 0.25) is 0 Å². The van der Waals surface area contributed by atoms with Gasteiger partial charge in [0, 0.05) is 11.3 Å². The fourth-order valence-electron chi connectivity index (χ4n) is 4.04. The number of rotatable bonds is 6. The molecule has 6 nitrogen and oxygen atoms in total. The Hall–Kier alpha value is -3.75. The van der Waals surface area contributed by atoms with Crippen LogP contribution in [0.25, 0.3) is 5.76 Å². The number of aromatic nitrogens is 2. The van der Waals surface area contributed by atoms with E-state index in [1.54, 1.807) is 12.1 Å². The van der Waals surface area contributed by atoms with Crippen LogP contribution in [-0.2, 0) is 15.3 Å². The van der Waals surface area contributed by atoms with Crippen molar-refractivity contribution >= 4 is 45.7 Å². The summed E-state index contributed by atoms with van der Waals surface area (Å²) in [7, 11) is 0. The highest BCUT2D eigenvalue weighted by Gasteiger charge is 2.48. The Morgan fingerprint density at radius 3 is 2.22 bits per heavy atom. The first-order chi connectivity index (χ1) is 17.4. The topological polar surface area (TPSA) is 83.4 Å². The van der Waals surface area contributed by atoms with Gasteiger partial charge in [-0.1, -0.05) is 113 Å². The molecule has 8 heteroatoms. The Balaban J connectivity index is 1.55. The molecular formula is C28H23N3O3S2. The molecule has 36 heavy (non-hydrogen) atoms. The van der Waals surface area contributed by atoms with Crippen molar-refractivity contribution in [2.24, 2.45) is 0 Å². The quantitative estimate of drug-likeness (QED) is 0.111. The minimum absolute atomic E-state index is 0.0430. The maximum absolute atomic E-state index is 13.3. The maximum atomic E-state index is 13.3. The second-order valence-electron chi connectivity index (χ2n) is 8.57. The summed E-state index contributed by atoms with van der Waals surface area (Å²) in [5, 5.41) is 20.1. The molecule has 0 saturated carbocycles. The first-order valence-electron chi connectivity index (χ1n) is 11.4. The van der Waals surface area contributed by atoms with Crippen molar-refractivity contribution in [2.75, 3.05) is 4.90 Å². The number of Topliss-reactive ketones (excluding diaryl/α,β-unsaturated/α-hetero) is 1.